The highest BCUT2D eigenvalue weighted by Crippen LogP contribution is 2.28. The molecule has 23 heavy (non-hydrogen) atoms. The fraction of sp³-hybridized carbons (Fsp3) is 0.846. The molecule has 0 spiro atoms. The van der Waals surface area contributed by atoms with Crippen molar-refractivity contribution in [3.05, 3.63) is 11.6 Å². The molecule has 134 valence electrons. The number of hydrogen-bond donors (Lipinski definition) is 8. The van der Waals surface area contributed by atoms with E-state index in [9.17, 15) is 30.6 Å². The van der Waals surface area contributed by atoms with Gasteiger partial charge in [0.15, 0.2) is 6.29 Å². The summed E-state index contributed by atoms with van der Waals surface area (Å²) in [5, 5.41) is 67.7. The third-order valence-corrected chi connectivity index (χ3v) is 4.14. The van der Waals surface area contributed by atoms with Gasteiger partial charge in [0, 0.05) is 0 Å². The lowest BCUT2D eigenvalue weighted by Gasteiger charge is -2.43. The molecule has 1 aliphatic heterocycles. The lowest BCUT2D eigenvalue weighted by Crippen LogP contribution is -2.61. The highest BCUT2D eigenvalue weighted by molar-refractivity contribution is 5.21. The molecule has 10 nitrogen and oxygen atoms in total. The lowest BCUT2D eigenvalue weighted by molar-refractivity contribution is -0.316. The predicted molar refractivity (Wildman–Crippen MR) is 73.8 cm³/mol. The SMILES string of the molecule is N[C@H]1C=C(CO)[C@@H](O[C@@H]2O[C@H](CO)[C@@H](O)[C@H](O)[C@H]2O)[C@H](O)[C@H]1O. The van der Waals surface area contributed by atoms with Crippen LogP contribution in [0.5, 0.6) is 0 Å². The zero-order chi connectivity index (χ0) is 17.3. The molecule has 9 atom stereocenters. The van der Waals surface area contributed by atoms with Crippen LogP contribution in [0.15, 0.2) is 11.6 Å². The molecular weight excluding hydrogens is 314 g/mol. The minimum absolute atomic E-state index is 0.173. The Morgan fingerprint density at radius 3 is 2.17 bits per heavy atom. The van der Waals surface area contributed by atoms with Crippen molar-refractivity contribution in [2.45, 2.75) is 55.1 Å². The van der Waals surface area contributed by atoms with E-state index in [0.29, 0.717) is 0 Å². The first-order valence-corrected chi connectivity index (χ1v) is 7.21. The van der Waals surface area contributed by atoms with Gasteiger partial charge in [-0.1, -0.05) is 6.08 Å². The molecule has 1 saturated heterocycles. The smallest absolute Gasteiger partial charge is 0.187 e. The van der Waals surface area contributed by atoms with Gasteiger partial charge in [0.05, 0.1) is 19.3 Å². The van der Waals surface area contributed by atoms with Gasteiger partial charge in [-0.2, -0.15) is 0 Å². The highest BCUT2D eigenvalue weighted by atomic mass is 16.7. The second kappa shape index (κ2) is 7.49. The Bertz CT molecular complexity index is 432. The molecule has 0 saturated carbocycles. The van der Waals surface area contributed by atoms with Crippen molar-refractivity contribution >= 4 is 0 Å². The van der Waals surface area contributed by atoms with Crippen LogP contribution in [0.2, 0.25) is 0 Å². The van der Waals surface area contributed by atoms with Crippen molar-refractivity contribution in [3.63, 3.8) is 0 Å². The van der Waals surface area contributed by atoms with Crippen LogP contribution in [0.4, 0.5) is 0 Å². The van der Waals surface area contributed by atoms with Crippen LogP contribution in [-0.4, -0.2) is 104 Å². The third-order valence-electron chi connectivity index (χ3n) is 4.14. The molecule has 0 amide bonds. The fourth-order valence-electron chi connectivity index (χ4n) is 2.70. The molecule has 0 bridgehead atoms. The summed E-state index contributed by atoms with van der Waals surface area (Å²) in [6.45, 7) is -1.15. The molecule has 2 rings (SSSR count). The van der Waals surface area contributed by atoms with Gasteiger partial charge in [-0.05, 0) is 5.57 Å². The number of ether oxygens (including phenoxy) is 2. The average Bonchev–Trinajstić information content (AvgIpc) is 2.55. The number of rotatable bonds is 4. The first-order chi connectivity index (χ1) is 10.8. The Hall–Kier alpha value is -0.660. The molecule has 1 fully saturated rings. The molecule has 0 radical (unpaired) electrons. The van der Waals surface area contributed by atoms with E-state index in [1.807, 2.05) is 0 Å². The Morgan fingerprint density at radius 2 is 1.61 bits per heavy atom. The third kappa shape index (κ3) is 3.56. The molecule has 0 unspecified atom stereocenters. The first kappa shape index (κ1) is 18.7. The summed E-state index contributed by atoms with van der Waals surface area (Å²) < 4.78 is 10.6. The summed E-state index contributed by atoms with van der Waals surface area (Å²) in [7, 11) is 0. The monoisotopic (exact) mass is 337 g/mol. The van der Waals surface area contributed by atoms with Crippen molar-refractivity contribution < 1.29 is 45.2 Å². The molecule has 10 heteroatoms. The molecular formula is C13H23NO9. The Labute approximate surface area is 132 Å². The molecule has 0 aromatic heterocycles. The average molecular weight is 337 g/mol. The maximum absolute atomic E-state index is 10.1. The van der Waals surface area contributed by atoms with Crippen molar-refractivity contribution in [1.29, 1.82) is 0 Å². The standard InChI is InChI=1S/C13H23NO9/c14-5-1-4(2-15)12(10(20)7(5)17)23-13-11(21)9(19)8(18)6(3-16)22-13/h1,5-13,15-21H,2-3,14H2/t5-,6+,7-,8+,9-,10+,11+,12+,13-/m0/s1. The van der Waals surface area contributed by atoms with E-state index in [2.05, 4.69) is 0 Å². The fourth-order valence-corrected chi connectivity index (χ4v) is 2.70. The Balaban J connectivity index is 2.17. The van der Waals surface area contributed by atoms with E-state index >= 15 is 0 Å². The maximum atomic E-state index is 10.1. The first-order valence-electron chi connectivity index (χ1n) is 7.21. The van der Waals surface area contributed by atoms with Crippen LogP contribution in [0.3, 0.4) is 0 Å². The topological polar surface area (TPSA) is 186 Å². The molecule has 9 N–H and O–H groups in total. The number of hydrogen-bond acceptors (Lipinski definition) is 10. The van der Waals surface area contributed by atoms with Crippen LogP contribution >= 0.6 is 0 Å². The van der Waals surface area contributed by atoms with Crippen molar-refractivity contribution in [2.24, 2.45) is 5.73 Å². The minimum Gasteiger partial charge on any atom is -0.394 e. The van der Waals surface area contributed by atoms with E-state index in [1.54, 1.807) is 0 Å². The van der Waals surface area contributed by atoms with Crippen LogP contribution in [-0.2, 0) is 9.47 Å². The second-order valence-electron chi connectivity index (χ2n) is 5.71. The molecule has 1 heterocycles. The van der Waals surface area contributed by atoms with Crippen LogP contribution in [0.25, 0.3) is 0 Å². The summed E-state index contributed by atoms with van der Waals surface area (Å²) in [5.74, 6) is 0. The summed E-state index contributed by atoms with van der Waals surface area (Å²) in [6.07, 6.45) is -10.3. The van der Waals surface area contributed by atoms with Crippen LogP contribution < -0.4 is 5.73 Å². The maximum Gasteiger partial charge on any atom is 0.187 e. The largest absolute Gasteiger partial charge is 0.394 e. The van der Waals surface area contributed by atoms with Gasteiger partial charge in [0.2, 0.25) is 0 Å². The minimum atomic E-state index is -1.66. The molecule has 1 aliphatic carbocycles. The van der Waals surface area contributed by atoms with Crippen LogP contribution in [0.1, 0.15) is 0 Å². The van der Waals surface area contributed by atoms with Gasteiger partial charge < -0.3 is 51.0 Å². The van der Waals surface area contributed by atoms with Gasteiger partial charge >= 0.3 is 0 Å². The Morgan fingerprint density at radius 1 is 0.957 bits per heavy atom. The summed E-state index contributed by atoms with van der Waals surface area (Å²) in [4.78, 5) is 0. The second-order valence-corrected chi connectivity index (χ2v) is 5.71. The normalized spacial score (nSPS) is 48.2. The number of nitrogens with two attached hydrogens (primary N) is 1. The van der Waals surface area contributed by atoms with Gasteiger partial charge in [-0.25, -0.2) is 0 Å². The predicted octanol–water partition coefficient (Wildman–Crippen LogP) is -4.85. The Kier molecular flexibility index (Phi) is 6.08. The van der Waals surface area contributed by atoms with E-state index in [4.69, 9.17) is 20.3 Å². The lowest BCUT2D eigenvalue weighted by atomic mass is 9.88. The van der Waals surface area contributed by atoms with Crippen molar-refractivity contribution in [3.8, 4) is 0 Å². The highest BCUT2D eigenvalue weighted by Gasteiger charge is 2.47. The van der Waals surface area contributed by atoms with Gasteiger partial charge in [0.25, 0.3) is 0 Å². The summed E-state index contributed by atoms with van der Waals surface area (Å²) in [6, 6.07) is -0.901. The summed E-state index contributed by atoms with van der Waals surface area (Å²) >= 11 is 0. The van der Waals surface area contributed by atoms with E-state index < -0.39 is 68.3 Å². The van der Waals surface area contributed by atoms with Crippen molar-refractivity contribution in [1.82, 2.24) is 0 Å². The van der Waals surface area contributed by atoms with Crippen molar-refractivity contribution in [2.75, 3.05) is 13.2 Å². The number of aliphatic hydroxyl groups is 7. The quantitative estimate of drug-likeness (QED) is 0.231. The van der Waals surface area contributed by atoms with Gasteiger partial charge in [-0.3, -0.25) is 0 Å². The van der Waals surface area contributed by atoms with E-state index in [1.165, 1.54) is 6.08 Å². The number of aliphatic hydroxyl groups excluding tert-OH is 7. The zero-order valence-corrected chi connectivity index (χ0v) is 12.2. The molecule has 2 aliphatic rings. The zero-order valence-electron chi connectivity index (χ0n) is 12.2. The molecule has 0 aromatic carbocycles. The van der Waals surface area contributed by atoms with E-state index in [-0.39, 0.29) is 5.57 Å². The van der Waals surface area contributed by atoms with Gasteiger partial charge in [-0.15, -0.1) is 0 Å². The summed E-state index contributed by atoms with van der Waals surface area (Å²) in [5.41, 5.74) is 5.77. The van der Waals surface area contributed by atoms with Crippen LogP contribution in [0, 0.1) is 0 Å². The molecule has 0 aromatic rings. The van der Waals surface area contributed by atoms with Gasteiger partial charge in [0.1, 0.15) is 42.7 Å². The van der Waals surface area contributed by atoms with E-state index in [0.717, 1.165) is 0 Å².